The first-order chi connectivity index (χ1) is 31.2. The fourth-order valence-corrected chi connectivity index (χ4v) is 9.73. The third-order valence-electron chi connectivity index (χ3n) is 12.1. The van der Waals surface area contributed by atoms with Crippen LogP contribution in [0.5, 0.6) is 5.75 Å². The van der Waals surface area contributed by atoms with Crippen LogP contribution < -0.4 is 26.7 Å². The molecule has 3 amide bonds. The molecule has 66 heavy (non-hydrogen) atoms. The van der Waals surface area contributed by atoms with Gasteiger partial charge in [0, 0.05) is 56.5 Å². The van der Waals surface area contributed by atoms with Crippen LogP contribution >= 0.6 is 11.3 Å². The molecule has 7 N–H and O–H groups in total. The molecule has 1 aromatic carbocycles. The number of carbonyl (C=O) groups is 4. The van der Waals surface area contributed by atoms with Crippen LogP contribution in [0.25, 0.3) is 21.4 Å². The molecule has 0 radical (unpaired) electrons. The largest absolute Gasteiger partial charge is 0.491 e. The number of carboxylic acids is 1. The zero-order valence-electron chi connectivity index (χ0n) is 39.1. The number of carbonyl (C=O) groups excluding carboxylic acids is 3. The van der Waals surface area contributed by atoms with Crippen LogP contribution in [-0.4, -0.2) is 89.0 Å². The molecule has 0 saturated carbocycles. The Morgan fingerprint density at radius 2 is 1.56 bits per heavy atom. The monoisotopic (exact) mass is 942 g/mol. The molecule has 0 fully saturated rings. The fraction of sp³-hybridized carbons (Fsp3) is 0.489. The van der Waals surface area contributed by atoms with Gasteiger partial charge in [0.1, 0.15) is 22.7 Å². The summed E-state index contributed by atoms with van der Waals surface area (Å²) in [5, 5.41) is 18.6. The van der Waals surface area contributed by atoms with Gasteiger partial charge in [0.05, 0.1) is 33.8 Å². The highest BCUT2D eigenvalue weighted by Crippen LogP contribution is 2.37. The molecule has 19 nitrogen and oxygen atoms in total. The number of nitrogens with zero attached hydrogens (tertiary/aromatic N) is 9. The molecule has 0 aliphatic carbocycles. The van der Waals surface area contributed by atoms with Gasteiger partial charge >= 0.3 is 5.97 Å². The molecule has 5 aromatic heterocycles. The predicted octanol–water partition coefficient (Wildman–Crippen LogP) is 6.38. The summed E-state index contributed by atoms with van der Waals surface area (Å²) in [5.41, 5.74) is 22.8. The molecule has 0 spiro atoms. The van der Waals surface area contributed by atoms with Crippen molar-refractivity contribution in [2.75, 3.05) is 18.9 Å². The number of aromatic carboxylic acids is 1. The molecule has 6 aromatic rings. The van der Waals surface area contributed by atoms with Gasteiger partial charge in [0.15, 0.2) is 18.8 Å². The lowest BCUT2D eigenvalue weighted by atomic mass is 10.0. The second kappa shape index (κ2) is 20.5. The molecular weight excluding hydrogens is 881 g/mol. The topological polar surface area (TPSA) is 269 Å². The second-order valence-corrected chi connectivity index (χ2v) is 23.8. The van der Waals surface area contributed by atoms with Crippen molar-refractivity contribution < 1.29 is 33.4 Å². The Balaban J connectivity index is 1.20. The number of anilines is 1. The Kier molecular flexibility index (Phi) is 15.3. The number of primary amides is 2. The molecule has 5 heterocycles. The summed E-state index contributed by atoms with van der Waals surface area (Å²) in [6, 6.07) is 6.45. The number of carboxylic acid groups (broad SMARTS) is 1. The number of nitrogen functional groups attached to an aromatic ring is 1. The third-order valence-corrected chi connectivity index (χ3v) is 17.7. The van der Waals surface area contributed by atoms with Crippen molar-refractivity contribution in [2.24, 2.45) is 16.5 Å². The minimum absolute atomic E-state index is 0.0823. The van der Waals surface area contributed by atoms with Crippen LogP contribution in [-0.2, 0) is 37.0 Å². The Hall–Kier alpha value is -6.19. The first-order valence-electron chi connectivity index (χ1n) is 22.3. The van der Waals surface area contributed by atoms with Gasteiger partial charge < -0.3 is 40.6 Å². The van der Waals surface area contributed by atoms with E-state index in [9.17, 15) is 24.3 Å². The number of rotatable bonds is 22. The number of benzene rings is 1. The van der Waals surface area contributed by atoms with Gasteiger partial charge in [-0.3, -0.25) is 23.7 Å². The molecule has 354 valence electrons. The SMILES string of the molecule is CCn1nc(C)c(CCCCCn2nc(C)cc2C(=O)O)c1C(=O)/N=c1\sc2cc(C(N)=O)cnc2n1CCCCn1c(N)nc2cc(C(N)=O)cc(OCCCO[Si](C)(C)C(C)(C)C)c21. The van der Waals surface area contributed by atoms with Crippen LogP contribution in [0.15, 0.2) is 35.5 Å². The highest BCUT2D eigenvalue weighted by molar-refractivity contribution is 7.16. The Morgan fingerprint density at radius 3 is 2.23 bits per heavy atom. The molecule has 0 atom stereocenters. The van der Waals surface area contributed by atoms with Crippen LogP contribution in [0.2, 0.25) is 18.1 Å². The normalized spacial score (nSPS) is 12.5. The van der Waals surface area contributed by atoms with Gasteiger partial charge in [0.2, 0.25) is 17.8 Å². The van der Waals surface area contributed by atoms with E-state index in [1.807, 2.05) is 23.0 Å². The number of nitrogens with two attached hydrogens (primary N) is 3. The molecule has 6 rings (SSSR count). The van der Waals surface area contributed by atoms with Gasteiger partial charge in [0.25, 0.3) is 5.91 Å². The highest BCUT2D eigenvalue weighted by atomic mass is 32.1. The van der Waals surface area contributed by atoms with Crippen LogP contribution in [0.1, 0.15) is 125 Å². The zero-order valence-corrected chi connectivity index (χ0v) is 41.0. The van der Waals surface area contributed by atoms with E-state index in [-0.39, 0.29) is 27.8 Å². The number of imidazole rings is 1. The first kappa shape index (κ1) is 49.2. The average molecular weight is 943 g/mol. The maximum atomic E-state index is 14.3. The Labute approximate surface area is 388 Å². The average Bonchev–Trinajstić information content (AvgIpc) is 3.98. The Morgan fingerprint density at radius 1 is 0.864 bits per heavy atom. The molecular formula is C45H62N12O7SSi. The summed E-state index contributed by atoms with van der Waals surface area (Å²) >= 11 is 1.24. The fourth-order valence-electron chi connectivity index (χ4n) is 7.58. The molecule has 0 unspecified atom stereocenters. The number of aromatic nitrogens is 8. The Bertz CT molecular complexity index is 2850. The van der Waals surface area contributed by atoms with Crippen molar-refractivity contribution in [2.45, 2.75) is 131 Å². The number of fused-ring (bicyclic) bond motifs is 2. The van der Waals surface area contributed by atoms with E-state index in [0.29, 0.717) is 115 Å². The second-order valence-electron chi connectivity index (χ2n) is 17.9. The minimum Gasteiger partial charge on any atom is -0.491 e. The molecule has 0 bridgehead atoms. The standard InChI is InChI=1S/C45H62N12O7SSi/c1-9-56-36(31(28(3)53-56)16-11-10-12-19-57-33(42(61)62)22-27(2)52-57)41(60)51-44-55(40-35(65-44)25-30(26-49-40)39(47)59)18-14-13-17-54-37-32(50-43(54)48)23-29(38(46)58)24-34(37)63-20-15-21-64-66(7,8)45(4,5)6/h22-26H,9-21H2,1-8H3,(H2,46,58)(H2,47,59)(H2,48,50)(H,61,62)/b51-44-. The maximum absolute atomic E-state index is 14.3. The van der Waals surface area contributed by atoms with E-state index < -0.39 is 32.0 Å². The summed E-state index contributed by atoms with van der Waals surface area (Å²) < 4.78 is 20.2. The third kappa shape index (κ3) is 11.1. The van der Waals surface area contributed by atoms with Crippen LogP contribution in [0, 0.1) is 13.8 Å². The number of amides is 3. The molecule has 0 aliphatic rings. The number of aryl methyl sites for hydroxylation is 6. The van der Waals surface area contributed by atoms with Crippen molar-refractivity contribution in [3.8, 4) is 5.75 Å². The van der Waals surface area contributed by atoms with Crippen molar-refractivity contribution >= 4 is 70.7 Å². The summed E-state index contributed by atoms with van der Waals surface area (Å²) in [6.07, 6.45) is 6.09. The smallest absolute Gasteiger partial charge is 0.354 e. The summed E-state index contributed by atoms with van der Waals surface area (Å²) in [5.74, 6) is -1.99. The summed E-state index contributed by atoms with van der Waals surface area (Å²) in [7, 11) is -1.93. The quantitative estimate of drug-likeness (QED) is 0.0427. The number of hydrogen-bond acceptors (Lipinski definition) is 12. The van der Waals surface area contributed by atoms with Gasteiger partial charge in [-0.1, -0.05) is 38.5 Å². The number of unbranched alkanes of at least 4 members (excludes halogenated alkanes) is 3. The van der Waals surface area contributed by atoms with Crippen molar-refractivity contribution in [1.29, 1.82) is 0 Å². The van der Waals surface area contributed by atoms with Gasteiger partial charge in [-0.2, -0.15) is 15.2 Å². The summed E-state index contributed by atoms with van der Waals surface area (Å²) in [6.45, 7) is 19.3. The number of thiazole rings is 1. The number of pyridine rings is 1. The van der Waals surface area contributed by atoms with Crippen LogP contribution in [0.3, 0.4) is 0 Å². The lowest BCUT2D eigenvalue weighted by Crippen LogP contribution is -2.41. The maximum Gasteiger partial charge on any atom is 0.354 e. The van der Waals surface area contributed by atoms with Gasteiger partial charge in [-0.15, -0.1) is 0 Å². The van der Waals surface area contributed by atoms with Crippen molar-refractivity contribution in [3.05, 3.63) is 74.7 Å². The number of hydrogen-bond donors (Lipinski definition) is 4. The van der Waals surface area contributed by atoms with Crippen LogP contribution in [0.4, 0.5) is 5.95 Å². The zero-order chi connectivity index (χ0) is 48.1. The van der Waals surface area contributed by atoms with E-state index in [2.05, 4.69) is 59.0 Å². The van der Waals surface area contributed by atoms with E-state index >= 15 is 0 Å². The van der Waals surface area contributed by atoms with Crippen molar-refractivity contribution in [1.82, 2.24) is 38.7 Å². The van der Waals surface area contributed by atoms with E-state index in [1.54, 1.807) is 35.9 Å². The lowest BCUT2D eigenvalue weighted by molar-refractivity contribution is 0.0682. The summed E-state index contributed by atoms with van der Waals surface area (Å²) in [4.78, 5) is 64.6. The number of ether oxygens (including phenoxy) is 1. The van der Waals surface area contributed by atoms with E-state index in [1.165, 1.54) is 22.2 Å². The molecule has 21 heteroatoms. The molecule has 0 aliphatic heterocycles. The molecule has 0 saturated heterocycles. The van der Waals surface area contributed by atoms with E-state index in [4.69, 9.17) is 26.4 Å². The van der Waals surface area contributed by atoms with Gasteiger partial charge in [-0.05, 0) is 95.3 Å². The van der Waals surface area contributed by atoms with Crippen molar-refractivity contribution in [3.63, 3.8) is 0 Å². The predicted molar refractivity (Wildman–Crippen MR) is 255 cm³/mol. The van der Waals surface area contributed by atoms with E-state index in [0.717, 1.165) is 24.1 Å². The minimum atomic E-state index is -1.93. The highest BCUT2D eigenvalue weighted by Gasteiger charge is 2.37. The first-order valence-corrected chi connectivity index (χ1v) is 26.0. The van der Waals surface area contributed by atoms with Gasteiger partial charge in [-0.25, -0.2) is 14.8 Å². The lowest BCUT2D eigenvalue weighted by Gasteiger charge is -2.36.